The third-order valence-electron chi connectivity index (χ3n) is 2.26. The van der Waals surface area contributed by atoms with E-state index in [9.17, 15) is 9.59 Å². The number of carboxylic acid groups (broad SMARTS) is 1. The summed E-state index contributed by atoms with van der Waals surface area (Å²) in [6.07, 6.45) is 4.13. The molecule has 0 aliphatic rings. The zero-order chi connectivity index (χ0) is 14.1. The Morgan fingerprint density at radius 2 is 2.21 bits per heavy atom. The van der Waals surface area contributed by atoms with Gasteiger partial charge < -0.3 is 19.1 Å². The first-order valence-electron chi connectivity index (χ1n) is 5.93. The van der Waals surface area contributed by atoms with Crippen LogP contribution in [0.5, 0.6) is 0 Å². The first-order chi connectivity index (χ1) is 9.13. The molecular formula is C13H17NO5. The molecule has 0 unspecified atom stereocenters. The highest BCUT2D eigenvalue weighted by atomic mass is 16.6. The molecule has 6 heteroatoms. The highest BCUT2D eigenvalue weighted by Gasteiger charge is 2.06. The molecule has 1 rings (SSSR count). The molecule has 0 radical (unpaired) electrons. The molecule has 104 valence electrons. The molecule has 1 aromatic rings. The van der Waals surface area contributed by atoms with Crippen molar-refractivity contribution in [2.75, 3.05) is 19.8 Å². The second kappa shape index (κ2) is 8.10. The molecule has 0 atom stereocenters. The number of aliphatic carboxylic acids is 1. The minimum Gasteiger partial charge on any atom is -0.478 e. The summed E-state index contributed by atoms with van der Waals surface area (Å²) in [5, 5.41) is 8.55. The van der Waals surface area contributed by atoms with Gasteiger partial charge in [0.25, 0.3) is 0 Å². The van der Waals surface area contributed by atoms with Gasteiger partial charge in [0.2, 0.25) is 0 Å². The summed E-state index contributed by atoms with van der Waals surface area (Å²) in [5.74, 6) is -1.42. The van der Waals surface area contributed by atoms with E-state index >= 15 is 0 Å². The molecule has 0 aliphatic heterocycles. The Morgan fingerprint density at radius 1 is 1.42 bits per heavy atom. The fourth-order valence-electron chi connectivity index (χ4n) is 1.42. The van der Waals surface area contributed by atoms with Crippen molar-refractivity contribution in [1.82, 2.24) is 4.57 Å². The molecule has 0 saturated heterocycles. The fourth-order valence-corrected chi connectivity index (χ4v) is 1.42. The van der Waals surface area contributed by atoms with Crippen LogP contribution in [0.4, 0.5) is 0 Å². The number of carboxylic acids is 1. The van der Waals surface area contributed by atoms with E-state index in [1.165, 1.54) is 6.08 Å². The first-order valence-corrected chi connectivity index (χ1v) is 5.93. The Bertz CT molecular complexity index is 450. The van der Waals surface area contributed by atoms with E-state index in [4.69, 9.17) is 14.6 Å². The number of hydrogen-bond acceptors (Lipinski definition) is 4. The summed E-state index contributed by atoms with van der Waals surface area (Å²) in [4.78, 5) is 22.0. The van der Waals surface area contributed by atoms with Crippen LogP contribution in [0, 0.1) is 0 Å². The quantitative estimate of drug-likeness (QED) is 0.434. The lowest BCUT2D eigenvalue weighted by Crippen LogP contribution is -2.16. The van der Waals surface area contributed by atoms with E-state index in [1.54, 1.807) is 22.9 Å². The molecule has 19 heavy (non-hydrogen) atoms. The zero-order valence-electron chi connectivity index (χ0n) is 10.7. The average molecular weight is 267 g/mol. The Labute approximate surface area is 111 Å². The van der Waals surface area contributed by atoms with Crippen molar-refractivity contribution in [3.63, 3.8) is 0 Å². The van der Waals surface area contributed by atoms with E-state index in [2.05, 4.69) is 0 Å². The van der Waals surface area contributed by atoms with E-state index < -0.39 is 5.97 Å². The fraction of sp³-hybridized carbons (Fsp3) is 0.385. The lowest BCUT2D eigenvalue weighted by Gasteiger charge is -2.07. The lowest BCUT2D eigenvalue weighted by molar-refractivity contribution is -0.145. The number of aromatic nitrogens is 1. The van der Waals surface area contributed by atoms with Crippen LogP contribution in [0.2, 0.25) is 0 Å². The van der Waals surface area contributed by atoms with Crippen LogP contribution in [-0.4, -0.2) is 41.4 Å². The Hall–Kier alpha value is -2.08. The van der Waals surface area contributed by atoms with Gasteiger partial charge in [-0.3, -0.25) is 4.79 Å². The van der Waals surface area contributed by atoms with Gasteiger partial charge in [-0.2, -0.15) is 0 Å². The summed E-state index contributed by atoms with van der Waals surface area (Å²) in [7, 11) is 0. The standard InChI is InChI=1S/C13H17NO5/c1-2-18-8-9-19-13(17)10-14-7-3-4-11(14)5-6-12(15)16/h3-7H,2,8-10H2,1H3,(H,15,16)/b6-5+. The van der Waals surface area contributed by atoms with Crippen LogP contribution in [0.1, 0.15) is 12.6 Å². The normalized spacial score (nSPS) is 10.8. The minimum atomic E-state index is -1.04. The Kier molecular flexibility index (Phi) is 6.38. The summed E-state index contributed by atoms with van der Waals surface area (Å²) in [6, 6.07) is 3.45. The predicted molar refractivity (Wildman–Crippen MR) is 68.6 cm³/mol. The van der Waals surface area contributed by atoms with Crippen molar-refractivity contribution in [3.8, 4) is 0 Å². The lowest BCUT2D eigenvalue weighted by atomic mass is 10.3. The third-order valence-corrected chi connectivity index (χ3v) is 2.26. The van der Waals surface area contributed by atoms with Crippen molar-refractivity contribution in [3.05, 3.63) is 30.1 Å². The largest absolute Gasteiger partial charge is 0.478 e. The number of carbonyl (C=O) groups is 2. The smallest absolute Gasteiger partial charge is 0.328 e. The van der Waals surface area contributed by atoms with E-state index in [1.807, 2.05) is 6.92 Å². The highest BCUT2D eigenvalue weighted by Crippen LogP contribution is 2.05. The molecule has 6 nitrogen and oxygen atoms in total. The molecule has 1 N–H and O–H groups in total. The zero-order valence-corrected chi connectivity index (χ0v) is 10.7. The van der Waals surface area contributed by atoms with Gasteiger partial charge in [-0.15, -0.1) is 0 Å². The Balaban J connectivity index is 2.46. The van der Waals surface area contributed by atoms with Crippen LogP contribution in [-0.2, 0) is 25.6 Å². The molecule has 0 amide bonds. The predicted octanol–water partition coefficient (Wildman–Crippen LogP) is 1.17. The maximum absolute atomic E-state index is 11.5. The van der Waals surface area contributed by atoms with Gasteiger partial charge in [0.05, 0.1) is 6.61 Å². The van der Waals surface area contributed by atoms with Crippen LogP contribution in [0.3, 0.4) is 0 Å². The second-order valence-electron chi connectivity index (χ2n) is 3.65. The molecule has 0 bridgehead atoms. The van der Waals surface area contributed by atoms with Gasteiger partial charge in [0.15, 0.2) is 0 Å². The maximum Gasteiger partial charge on any atom is 0.328 e. The number of ether oxygens (including phenoxy) is 2. The third kappa shape index (κ3) is 5.87. The molecule has 0 aliphatic carbocycles. The summed E-state index contributed by atoms with van der Waals surface area (Å²) >= 11 is 0. The van der Waals surface area contributed by atoms with Gasteiger partial charge in [0, 0.05) is 24.6 Å². The SMILES string of the molecule is CCOCCOC(=O)Cn1cccc1/C=C/C(=O)O. The molecule has 0 saturated carbocycles. The minimum absolute atomic E-state index is 0.0401. The molecule has 0 aromatic carbocycles. The first kappa shape index (κ1) is 15.0. The van der Waals surface area contributed by atoms with Gasteiger partial charge in [0.1, 0.15) is 13.2 Å². The van der Waals surface area contributed by atoms with Gasteiger partial charge >= 0.3 is 11.9 Å². The molecule has 1 aromatic heterocycles. The van der Waals surface area contributed by atoms with Crippen molar-refractivity contribution >= 4 is 18.0 Å². The molecule has 1 heterocycles. The molecule has 0 spiro atoms. The maximum atomic E-state index is 11.5. The highest BCUT2D eigenvalue weighted by molar-refractivity contribution is 5.85. The molecule has 0 fully saturated rings. The van der Waals surface area contributed by atoms with Gasteiger partial charge in [-0.25, -0.2) is 4.79 Å². The number of carbonyl (C=O) groups excluding carboxylic acids is 1. The van der Waals surface area contributed by atoms with Gasteiger partial charge in [-0.1, -0.05) is 0 Å². The van der Waals surface area contributed by atoms with Crippen LogP contribution < -0.4 is 0 Å². The van der Waals surface area contributed by atoms with Crippen LogP contribution in [0.15, 0.2) is 24.4 Å². The van der Waals surface area contributed by atoms with E-state index in [0.717, 1.165) is 6.08 Å². The van der Waals surface area contributed by atoms with Crippen molar-refractivity contribution in [1.29, 1.82) is 0 Å². The number of hydrogen-bond donors (Lipinski definition) is 1. The van der Waals surface area contributed by atoms with Gasteiger partial charge in [-0.05, 0) is 25.1 Å². The summed E-state index contributed by atoms with van der Waals surface area (Å²) in [6.45, 7) is 3.08. The van der Waals surface area contributed by atoms with E-state index in [-0.39, 0.29) is 19.1 Å². The summed E-state index contributed by atoms with van der Waals surface area (Å²) in [5.41, 5.74) is 0.629. The van der Waals surface area contributed by atoms with E-state index in [0.29, 0.717) is 18.9 Å². The van der Waals surface area contributed by atoms with Crippen molar-refractivity contribution < 1.29 is 24.2 Å². The van der Waals surface area contributed by atoms with Crippen molar-refractivity contribution in [2.45, 2.75) is 13.5 Å². The number of rotatable bonds is 8. The monoisotopic (exact) mass is 267 g/mol. The van der Waals surface area contributed by atoms with Crippen LogP contribution in [0.25, 0.3) is 6.08 Å². The van der Waals surface area contributed by atoms with Crippen LogP contribution >= 0.6 is 0 Å². The Morgan fingerprint density at radius 3 is 2.89 bits per heavy atom. The number of nitrogens with zero attached hydrogens (tertiary/aromatic N) is 1. The summed E-state index contributed by atoms with van der Waals surface area (Å²) < 4.78 is 11.6. The van der Waals surface area contributed by atoms with Crippen molar-refractivity contribution in [2.24, 2.45) is 0 Å². The second-order valence-corrected chi connectivity index (χ2v) is 3.65. The molecular weight excluding hydrogens is 250 g/mol. The average Bonchev–Trinajstić information content (AvgIpc) is 2.79. The number of esters is 1. The topological polar surface area (TPSA) is 77.8 Å².